The summed E-state index contributed by atoms with van der Waals surface area (Å²) in [4.78, 5) is 38.4. The Morgan fingerprint density at radius 2 is 1.85 bits per heavy atom. The number of hydrogen-bond acceptors (Lipinski definition) is 6. The molecule has 0 spiro atoms. The first-order valence-electron chi connectivity index (χ1n) is 12.2. The molecule has 2 aliphatic rings. The normalized spacial score (nSPS) is 17.6. The number of aromatic nitrogens is 2. The van der Waals surface area contributed by atoms with Crippen molar-refractivity contribution < 1.29 is 9.59 Å². The van der Waals surface area contributed by atoms with Crippen molar-refractivity contribution in [2.45, 2.75) is 57.4 Å². The number of nitrogens with zero attached hydrogens (tertiary/aromatic N) is 4. The van der Waals surface area contributed by atoms with Gasteiger partial charge in [0.15, 0.2) is 0 Å². The molecular weight excluding hydrogens is 416 g/mol. The number of carbonyl (C=O) groups is 2. The van der Waals surface area contributed by atoms with Gasteiger partial charge in [0.05, 0.1) is 22.9 Å². The Morgan fingerprint density at radius 1 is 1.09 bits per heavy atom. The van der Waals surface area contributed by atoms with E-state index < -0.39 is 0 Å². The average Bonchev–Trinajstić information content (AvgIpc) is 3.31. The zero-order valence-electron chi connectivity index (χ0n) is 19.8. The van der Waals surface area contributed by atoms with E-state index in [1.165, 1.54) is 12.8 Å². The van der Waals surface area contributed by atoms with E-state index >= 15 is 0 Å². The highest BCUT2D eigenvalue weighted by Crippen LogP contribution is 2.27. The average molecular weight is 453 g/mol. The van der Waals surface area contributed by atoms with Crippen molar-refractivity contribution in [2.24, 2.45) is 5.92 Å². The van der Waals surface area contributed by atoms with Crippen molar-refractivity contribution >= 4 is 34.4 Å². The molecule has 0 aromatic carbocycles. The molecule has 1 saturated carbocycles. The van der Waals surface area contributed by atoms with Crippen LogP contribution in [-0.2, 0) is 4.79 Å². The number of Topliss-reactive ketones (excluding diaryl/α,β-unsaturated/α-hetero) is 1. The third kappa shape index (κ3) is 6.41. The van der Waals surface area contributed by atoms with Crippen LogP contribution in [0.4, 0.5) is 16.3 Å². The second-order valence-corrected chi connectivity index (χ2v) is 9.64. The Hall–Kier alpha value is -2.74. The Kier molecular flexibility index (Phi) is 7.75. The van der Waals surface area contributed by atoms with Gasteiger partial charge in [0.1, 0.15) is 11.6 Å². The Bertz CT molecular complexity index is 965. The molecule has 8 nitrogen and oxygen atoms in total. The van der Waals surface area contributed by atoms with Crippen molar-refractivity contribution in [3.05, 3.63) is 24.4 Å². The molecule has 0 radical (unpaired) electrons. The largest absolute Gasteiger partial charge is 0.370 e. The monoisotopic (exact) mass is 452 g/mol. The van der Waals surface area contributed by atoms with Gasteiger partial charge < -0.3 is 15.1 Å². The van der Waals surface area contributed by atoms with Gasteiger partial charge in [-0.3, -0.25) is 15.1 Å². The number of pyridine rings is 2. The summed E-state index contributed by atoms with van der Waals surface area (Å²) in [7, 11) is 4.08. The molecule has 1 aliphatic carbocycles. The second kappa shape index (κ2) is 10.9. The number of ketones is 1. The first-order valence-corrected chi connectivity index (χ1v) is 12.2. The maximum atomic E-state index is 12.5. The fourth-order valence-corrected chi connectivity index (χ4v) is 4.88. The molecule has 2 N–H and O–H groups in total. The number of anilines is 2. The number of urea groups is 1. The van der Waals surface area contributed by atoms with Crippen LogP contribution in [0.5, 0.6) is 0 Å². The van der Waals surface area contributed by atoms with Crippen LogP contribution in [0.15, 0.2) is 24.4 Å². The molecule has 0 atom stereocenters. The standard InChI is InChI=1S/C25H36N6O2/c1-30(2)13-5-8-23(32)18-11-14-31(15-12-18)20-16-22-21(26-17-20)9-10-24(28-22)29-25(33)27-19-6-3-4-7-19/h9-10,16-19H,3-8,11-15H2,1-2H3,(H2,27,28,29,33). The number of hydrogen-bond donors (Lipinski definition) is 2. The highest BCUT2D eigenvalue weighted by Gasteiger charge is 2.25. The van der Waals surface area contributed by atoms with E-state index in [9.17, 15) is 9.59 Å². The highest BCUT2D eigenvalue weighted by atomic mass is 16.2. The van der Waals surface area contributed by atoms with E-state index in [0.717, 1.165) is 68.5 Å². The summed E-state index contributed by atoms with van der Waals surface area (Å²) in [6, 6.07) is 5.77. The zero-order valence-corrected chi connectivity index (χ0v) is 19.8. The van der Waals surface area contributed by atoms with Crippen molar-refractivity contribution in [2.75, 3.05) is 43.9 Å². The molecule has 3 heterocycles. The third-order valence-corrected chi connectivity index (χ3v) is 6.80. The molecule has 2 amide bonds. The van der Waals surface area contributed by atoms with E-state index in [2.05, 4.69) is 30.4 Å². The van der Waals surface area contributed by atoms with Crippen molar-refractivity contribution in [3.8, 4) is 0 Å². The van der Waals surface area contributed by atoms with Crippen molar-refractivity contribution in [1.29, 1.82) is 0 Å². The van der Waals surface area contributed by atoms with E-state index in [4.69, 9.17) is 0 Å². The lowest BCUT2D eigenvalue weighted by molar-refractivity contribution is -0.123. The van der Waals surface area contributed by atoms with E-state index in [0.29, 0.717) is 18.0 Å². The topological polar surface area (TPSA) is 90.5 Å². The lowest BCUT2D eigenvalue weighted by Gasteiger charge is -2.33. The smallest absolute Gasteiger partial charge is 0.320 e. The molecule has 0 unspecified atom stereocenters. The Balaban J connectivity index is 1.33. The first kappa shape index (κ1) is 23.4. The molecule has 0 bridgehead atoms. The van der Waals surface area contributed by atoms with Crippen molar-refractivity contribution in [1.82, 2.24) is 20.2 Å². The molecular formula is C25H36N6O2. The highest BCUT2D eigenvalue weighted by molar-refractivity contribution is 5.90. The lowest BCUT2D eigenvalue weighted by Crippen LogP contribution is -2.36. The predicted octanol–water partition coefficient (Wildman–Crippen LogP) is 3.82. The molecule has 178 valence electrons. The summed E-state index contributed by atoms with van der Waals surface area (Å²) < 4.78 is 0. The maximum absolute atomic E-state index is 12.5. The van der Waals surface area contributed by atoms with Gasteiger partial charge >= 0.3 is 6.03 Å². The third-order valence-electron chi connectivity index (χ3n) is 6.80. The van der Waals surface area contributed by atoms with Gasteiger partial charge in [-0.05, 0) is 70.9 Å². The van der Waals surface area contributed by atoms with E-state index in [1.54, 1.807) is 6.07 Å². The molecule has 33 heavy (non-hydrogen) atoms. The minimum Gasteiger partial charge on any atom is -0.370 e. The number of nitrogens with one attached hydrogen (secondary N) is 2. The van der Waals surface area contributed by atoms with Gasteiger partial charge in [-0.25, -0.2) is 9.78 Å². The predicted molar refractivity (Wildman–Crippen MR) is 132 cm³/mol. The molecule has 2 fully saturated rings. The summed E-state index contributed by atoms with van der Waals surface area (Å²) in [5.74, 6) is 1.10. The zero-order chi connectivity index (χ0) is 23.2. The quantitative estimate of drug-likeness (QED) is 0.633. The first-order chi connectivity index (χ1) is 16.0. The van der Waals surface area contributed by atoms with Crippen LogP contribution in [0.3, 0.4) is 0 Å². The second-order valence-electron chi connectivity index (χ2n) is 9.64. The van der Waals surface area contributed by atoms with Crippen LogP contribution in [-0.4, -0.2) is 66.5 Å². The van der Waals surface area contributed by atoms with E-state index in [-0.39, 0.29) is 18.0 Å². The summed E-state index contributed by atoms with van der Waals surface area (Å²) >= 11 is 0. The van der Waals surface area contributed by atoms with Gasteiger partial charge in [0.2, 0.25) is 0 Å². The summed E-state index contributed by atoms with van der Waals surface area (Å²) in [5.41, 5.74) is 2.57. The van der Waals surface area contributed by atoms with Crippen LogP contribution < -0.4 is 15.5 Å². The molecule has 1 saturated heterocycles. The molecule has 4 rings (SSSR count). The number of fused-ring (bicyclic) bond motifs is 1. The minimum absolute atomic E-state index is 0.170. The van der Waals surface area contributed by atoms with Gasteiger partial charge in [-0.1, -0.05) is 12.8 Å². The van der Waals surface area contributed by atoms with Gasteiger partial charge in [0.25, 0.3) is 0 Å². The molecule has 2 aromatic heterocycles. The van der Waals surface area contributed by atoms with Crippen LogP contribution in [0.25, 0.3) is 11.0 Å². The lowest BCUT2D eigenvalue weighted by atomic mass is 9.90. The summed E-state index contributed by atoms with van der Waals surface area (Å²) in [5, 5.41) is 5.88. The number of piperidine rings is 1. The van der Waals surface area contributed by atoms with Gasteiger partial charge in [-0.15, -0.1) is 0 Å². The van der Waals surface area contributed by atoms with Crippen molar-refractivity contribution in [3.63, 3.8) is 0 Å². The van der Waals surface area contributed by atoms with Crippen LogP contribution in [0, 0.1) is 5.92 Å². The molecule has 2 aromatic rings. The maximum Gasteiger partial charge on any atom is 0.320 e. The summed E-state index contributed by atoms with van der Waals surface area (Å²) in [6.07, 6.45) is 9.70. The minimum atomic E-state index is -0.199. The van der Waals surface area contributed by atoms with Gasteiger partial charge in [0, 0.05) is 31.5 Å². The fraction of sp³-hybridized carbons (Fsp3) is 0.600. The molecule has 8 heteroatoms. The van der Waals surface area contributed by atoms with Crippen LogP contribution in [0.2, 0.25) is 0 Å². The number of amides is 2. The Labute approximate surface area is 196 Å². The van der Waals surface area contributed by atoms with E-state index in [1.807, 2.05) is 32.4 Å². The number of carbonyl (C=O) groups excluding carboxylic acids is 2. The SMILES string of the molecule is CN(C)CCCC(=O)C1CCN(c2cnc3ccc(NC(=O)NC4CCCC4)nc3c2)CC1. The van der Waals surface area contributed by atoms with Crippen LogP contribution in [0.1, 0.15) is 51.4 Å². The van der Waals surface area contributed by atoms with Crippen LogP contribution >= 0.6 is 0 Å². The van der Waals surface area contributed by atoms with Gasteiger partial charge in [-0.2, -0.15) is 0 Å². The summed E-state index contributed by atoms with van der Waals surface area (Å²) in [6.45, 7) is 2.65. The fourth-order valence-electron chi connectivity index (χ4n) is 4.88. The Morgan fingerprint density at radius 3 is 2.58 bits per heavy atom. The number of rotatable bonds is 8. The molecule has 1 aliphatic heterocycles.